The molecule has 318 valence electrons. The number of hydrogen-bond acceptors (Lipinski definition) is 11. The van der Waals surface area contributed by atoms with Crippen LogP contribution in [0.1, 0.15) is 43.2 Å². The number of anilines is 1. The van der Waals surface area contributed by atoms with Gasteiger partial charge in [0.25, 0.3) is 11.8 Å². The summed E-state index contributed by atoms with van der Waals surface area (Å²) < 4.78 is 10.7. The molecule has 1 aliphatic heterocycles. The number of imide groups is 1. The van der Waals surface area contributed by atoms with Crippen molar-refractivity contribution < 1.29 is 52.6 Å². The predicted molar refractivity (Wildman–Crippen MR) is 213 cm³/mol. The average molecular weight is 821 g/mol. The molecule has 1 atom stereocenters. The molecule has 0 aliphatic carbocycles. The van der Waals surface area contributed by atoms with Gasteiger partial charge in [-0.25, -0.2) is 4.79 Å². The van der Waals surface area contributed by atoms with Gasteiger partial charge in [0.1, 0.15) is 12.6 Å². The molecule has 19 nitrogen and oxygen atoms in total. The van der Waals surface area contributed by atoms with Gasteiger partial charge in [-0.2, -0.15) is 0 Å². The lowest BCUT2D eigenvalue weighted by atomic mass is 10.1. The lowest BCUT2D eigenvalue weighted by Crippen LogP contribution is -2.52. The zero-order chi connectivity index (χ0) is 43.0. The van der Waals surface area contributed by atoms with Gasteiger partial charge in [-0.3, -0.25) is 43.3 Å². The number of nitrogens with zero attached hydrogens (tertiary/aromatic N) is 2. The zero-order valence-corrected chi connectivity index (χ0v) is 33.2. The SMILES string of the molecule is CNC(=O)CCOCCN(C)C(=O)OCc1ccc(NC(=O)CNC(=O)[C@H](Cc2ccccc2)NC(=O)CNC(=O)CNC(=O)CCCCCN2C(=O)C=CC2=O)cc1. The molecule has 19 heteroatoms. The lowest BCUT2D eigenvalue weighted by molar-refractivity contribution is -0.137. The van der Waals surface area contributed by atoms with Gasteiger partial charge in [0, 0.05) is 64.3 Å². The standard InChI is InChI=1S/C40H52N8O11/c1-41-32(49)18-21-58-22-20-47(2)40(57)59-27-29-12-14-30(15-13-29)45-35(52)26-44-39(56)31(23-28-9-5-3-6-10-28)46-36(53)25-43-34(51)24-42-33(50)11-7-4-8-19-48-37(54)16-17-38(48)55/h3,5-6,9-10,12-17,31H,4,7-8,11,18-27H2,1-2H3,(H,41,49)(H,42,50)(H,43,51)(H,44,56)(H,45,52)(H,46,53)/t31-/m0/s1. The van der Waals surface area contributed by atoms with Crippen molar-refractivity contribution >= 4 is 59.0 Å². The van der Waals surface area contributed by atoms with Crippen LogP contribution in [0.5, 0.6) is 0 Å². The third-order valence-electron chi connectivity index (χ3n) is 8.67. The topological polar surface area (TPSA) is 251 Å². The summed E-state index contributed by atoms with van der Waals surface area (Å²) in [7, 11) is 3.10. The van der Waals surface area contributed by atoms with E-state index < -0.39 is 48.9 Å². The maximum absolute atomic E-state index is 13.2. The van der Waals surface area contributed by atoms with Crippen LogP contribution >= 0.6 is 0 Å². The first-order valence-electron chi connectivity index (χ1n) is 19.1. The van der Waals surface area contributed by atoms with Crippen LogP contribution in [0.4, 0.5) is 10.5 Å². The fourth-order valence-electron chi connectivity index (χ4n) is 5.32. The second-order valence-electron chi connectivity index (χ2n) is 13.3. The number of nitrogens with one attached hydrogen (secondary N) is 6. The quantitative estimate of drug-likeness (QED) is 0.0571. The molecule has 1 aliphatic rings. The highest BCUT2D eigenvalue weighted by Crippen LogP contribution is 2.12. The minimum atomic E-state index is -1.09. The summed E-state index contributed by atoms with van der Waals surface area (Å²) in [5.41, 5.74) is 1.82. The van der Waals surface area contributed by atoms with E-state index >= 15 is 0 Å². The maximum Gasteiger partial charge on any atom is 0.409 e. The summed E-state index contributed by atoms with van der Waals surface area (Å²) in [6.07, 6.45) is 3.94. The second-order valence-corrected chi connectivity index (χ2v) is 13.3. The van der Waals surface area contributed by atoms with Crippen molar-refractivity contribution in [1.82, 2.24) is 36.4 Å². The third kappa shape index (κ3) is 18.5. The Hall–Kier alpha value is -6.63. The van der Waals surface area contributed by atoms with Gasteiger partial charge < -0.3 is 46.3 Å². The normalized spacial score (nSPS) is 12.3. The molecule has 0 spiro atoms. The number of unbranched alkanes of at least 4 members (excludes halogenated alkanes) is 2. The molecule has 3 rings (SSSR count). The van der Waals surface area contributed by atoms with E-state index in [1.54, 1.807) is 61.6 Å². The number of carbonyl (C=O) groups excluding carboxylic acids is 9. The third-order valence-corrected chi connectivity index (χ3v) is 8.67. The highest BCUT2D eigenvalue weighted by atomic mass is 16.6. The van der Waals surface area contributed by atoms with E-state index in [4.69, 9.17) is 9.47 Å². The van der Waals surface area contributed by atoms with E-state index in [2.05, 4.69) is 31.9 Å². The Balaban J connectivity index is 1.36. The Morgan fingerprint density at radius 2 is 1.36 bits per heavy atom. The van der Waals surface area contributed by atoms with Gasteiger partial charge in [-0.1, -0.05) is 48.9 Å². The Morgan fingerprint density at radius 3 is 2.05 bits per heavy atom. The van der Waals surface area contributed by atoms with Gasteiger partial charge in [-0.15, -0.1) is 0 Å². The summed E-state index contributed by atoms with van der Waals surface area (Å²) in [5.74, 6) is -3.69. The highest BCUT2D eigenvalue weighted by molar-refractivity contribution is 6.12. The molecule has 0 aromatic heterocycles. The van der Waals surface area contributed by atoms with Crippen LogP contribution in [0.25, 0.3) is 0 Å². The molecule has 0 bridgehead atoms. The smallest absolute Gasteiger partial charge is 0.409 e. The van der Waals surface area contributed by atoms with E-state index in [0.717, 1.165) is 10.5 Å². The molecule has 9 amide bonds. The van der Waals surface area contributed by atoms with Crippen LogP contribution in [0, 0.1) is 0 Å². The molecule has 0 fully saturated rings. The Kier molecular flexibility index (Phi) is 20.3. The number of hydrogen-bond donors (Lipinski definition) is 6. The molecule has 6 N–H and O–H groups in total. The minimum absolute atomic E-state index is 0.0180. The molecule has 1 heterocycles. The van der Waals surface area contributed by atoms with E-state index in [1.165, 1.54) is 24.1 Å². The molecule has 0 saturated carbocycles. The summed E-state index contributed by atoms with van der Waals surface area (Å²) in [5, 5.41) is 15.1. The van der Waals surface area contributed by atoms with Crippen LogP contribution < -0.4 is 31.9 Å². The van der Waals surface area contributed by atoms with Crippen LogP contribution in [0.3, 0.4) is 0 Å². The molecular formula is C40H52N8O11. The lowest BCUT2D eigenvalue weighted by Gasteiger charge is -2.19. The fraction of sp³-hybridized carbons (Fsp3) is 0.425. The minimum Gasteiger partial charge on any atom is -0.445 e. The highest BCUT2D eigenvalue weighted by Gasteiger charge is 2.23. The van der Waals surface area contributed by atoms with Crippen molar-refractivity contribution in [3.8, 4) is 0 Å². The van der Waals surface area contributed by atoms with E-state index in [0.29, 0.717) is 30.5 Å². The van der Waals surface area contributed by atoms with Crippen molar-refractivity contribution in [2.24, 2.45) is 0 Å². The van der Waals surface area contributed by atoms with Gasteiger partial charge in [0.2, 0.25) is 35.4 Å². The van der Waals surface area contributed by atoms with Crippen molar-refractivity contribution in [2.75, 3.05) is 65.3 Å². The van der Waals surface area contributed by atoms with Gasteiger partial charge in [0.05, 0.1) is 32.8 Å². The molecular weight excluding hydrogens is 768 g/mol. The summed E-state index contributed by atoms with van der Waals surface area (Å²) in [6.45, 7) is -0.257. The molecule has 0 unspecified atom stereocenters. The number of benzene rings is 2. The van der Waals surface area contributed by atoms with Crippen LogP contribution in [-0.2, 0) is 60.9 Å². The van der Waals surface area contributed by atoms with Gasteiger partial charge in [-0.05, 0) is 36.1 Å². The van der Waals surface area contributed by atoms with E-state index in [-0.39, 0.29) is 82.3 Å². The largest absolute Gasteiger partial charge is 0.445 e. The summed E-state index contributed by atoms with van der Waals surface area (Å²) in [6, 6.07) is 14.3. The van der Waals surface area contributed by atoms with E-state index in [9.17, 15) is 43.2 Å². The number of amides is 9. The summed E-state index contributed by atoms with van der Waals surface area (Å²) >= 11 is 0. The number of likely N-dealkylation sites (N-methyl/N-ethyl adjacent to an activating group) is 1. The molecule has 59 heavy (non-hydrogen) atoms. The Bertz CT molecular complexity index is 1790. The molecule has 0 radical (unpaired) electrons. The molecule has 0 saturated heterocycles. The average Bonchev–Trinajstić information content (AvgIpc) is 3.55. The predicted octanol–water partition coefficient (Wildman–Crippen LogP) is -0.0923. The first-order valence-corrected chi connectivity index (χ1v) is 19.1. The number of carbonyl (C=O) groups is 9. The first-order chi connectivity index (χ1) is 28.3. The van der Waals surface area contributed by atoms with Crippen molar-refractivity contribution in [3.63, 3.8) is 0 Å². The maximum atomic E-state index is 13.2. The first kappa shape index (κ1) is 46.8. The van der Waals surface area contributed by atoms with Gasteiger partial charge in [0.15, 0.2) is 0 Å². The number of rotatable bonds is 25. The molecule has 2 aromatic carbocycles. The fourth-order valence-corrected chi connectivity index (χ4v) is 5.32. The molecule has 2 aromatic rings. The van der Waals surface area contributed by atoms with Crippen molar-refractivity contribution in [2.45, 2.75) is 51.2 Å². The van der Waals surface area contributed by atoms with Crippen LogP contribution in [0.2, 0.25) is 0 Å². The van der Waals surface area contributed by atoms with E-state index in [1.807, 2.05) is 0 Å². The number of ether oxygens (including phenoxy) is 2. The Labute approximate surface area is 342 Å². The second kappa shape index (κ2) is 25.6. The Morgan fingerprint density at radius 1 is 0.695 bits per heavy atom. The zero-order valence-electron chi connectivity index (χ0n) is 33.2. The van der Waals surface area contributed by atoms with Gasteiger partial charge >= 0.3 is 6.09 Å². The van der Waals surface area contributed by atoms with Crippen molar-refractivity contribution in [1.29, 1.82) is 0 Å². The summed E-state index contributed by atoms with van der Waals surface area (Å²) in [4.78, 5) is 112. The monoisotopic (exact) mass is 820 g/mol. The van der Waals surface area contributed by atoms with Crippen LogP contribution in [-0.4, -0.2) is 129 Å². The van der Waals surface area contributed by atoms with Crippen LogP contribution in [0.15, 0.2) is 66.7 Å². The van der Waals surface area contributed by atoms with Crippen molar-refractivity contribution in [3.05, 3.63) is 77.9 Å².